The lowest BCUT2D eigenvalue weighted by atomic mass is 9.97. The topological polar surface area (TPSA) is 91.6 Å². The molecule has 2 aromatic carbocycles. The van der Waals surface area contributed by atoms with E-state index in [9.17, 15) is 0 Å². The summed E-state index contributed by atoms with van der Waals surface area (Å²) in [6.07, 6.45) is 7.34. The molecule has 0 spiro atoms. The number of nitrogens with one attached hydrogen (secondary N) is 3. The van der Waals surface area contributed by atoms with Crippen molar-refractivity contribution in [2.45, 2.75) is 17.7 Å². The Morgan fingerprint density at radius 1 is 1.20 bits per heavy atom. The van der Waals surface area contributed by atoms with Gasteiger partial charge in [-0.2, -0.15) is 10.4 Å². The van der Waals surface area contributed by atoms with E-state index in [2.05, 4.69) is 38.0 Å². The molecule has 1 aliphatic heterocycles. The second-order valence-corrected chi connectivity index (χ2v) is 8.58. The molecule has 1 saturated heterocycles. The number of piperidine rings is 1. The van der Waals surface area contributed by atoms with Crippen molar-refractivity contribution in [2.24, 2.45) is 5.92 Å². The minimum Gasteiger partial charge on any atom is -0.384 e. The molecule has 30 heavy (non-hydrogen) atoms. The zero-order valence-electron chi connectivity index (χ0n) is 16.6. The largest absolute Gasteiger partial charge is 0.384 e. The molecule has 6 nitrogen and oxygen atoms in total. The lowest BCUT2D eigenvalue weighted by molar-refractivity contribution is 0.301. The summed E-state index contributed by atoms with van der Waals surface area (Å²) in [5.74, 6) is 0.620. The predicted octanol–water partition coefficient (Wildman–Crippen LogP) is 4.78. The van der Waals surface area contributed by atoms with E-state index in [-0.39, 0.29) is 0 Å². The number of aromatic nitrogens is 2. The number of hydrogen-bond acceptors (Lipinski definition) is 6. The smallest absolute Gasteiger partial charge is 0.0991 e. The minimum atomic E-state index is 0.620. The third-order valence-electron chi connectivity index (χ3n) is 5.41. The van der Waals surface area contributed by atoms with Gasteiger partial charge < -0.3 is 10.7 Å². The van der Waals surface area contributed by atoms with Crippen LogP contribution in [-0.2, 0) is 0 Å². The highest BCUT2D eigenvalue weighted by Gasteiger charge is 2.20. The van der Waals surface area contributed by atoms with E-state index >= 15 is 0 Å². The molecule has 4 rings (SSSR count). The van der Waals surface area contributed by atoms with Crippen LogP contribution in [0.3, 0.4) is 0 Å². The summed E-state index contributed by atoms with van der Waals surface area (Å²) in [6.45, 7) is 3.02. The summed E-state index contributed by atoms with van der Waals surface area (Å²) in [7, 11) is 0. The summed E-state index contributed by atoms with van der Waals surface area (Å²) in [4.78, 5) is 1.18. The lowest BCUT2D eigenvalue weighted by Crippen LogP contribution is -2.31. The Kier molecular flexibility index (Phi) is 6.47. The van der Waals surface area contributed by atoms with Crippen molar-refractivity contribution >= 4 is 23.8 Å². The molecule has 3 N–H and O–H groups in total. The van der Waals surface area contributed by atoms with Crippen molar-refractivity contribution < 1.29 is 0 Å². The van der Waals surface area contributed by atoms with Crippen LogP contribution in [-0.4, -0.2) is 40.4 Å². The molecule has 0 radical (unpaired) electrons. The monoisotopic (exact) mass is 416 g/mol. The summed E-state index contributed by atoms with van der Waals surface area (Å²) in [6, 6.07) is 16.1. The Balaban J connectivity index is 1.28. The number of H-pyrrole nitrogens is 1. The van der Waals surface area contributed by atoms with E-state index in [4.69, 9.17) is 10.7 Å². The maximum absolute atomic E-state index is 8.91. The molecule has 0 amide bonds. The molecule has 2 heterocycles. The van der Waals surface area contributed by atoms with Crippen LogP contribution in [0, 0.1) is 22.7 Å². The summed E-state index contributed by atoms with van der Waals surface area (Å²) < 4.78 is 2.40. The van der Waals surface area contributed by atoms with Gasteiger partial charge in [-0.1, -0.05) is 6.07 Å². The third-order valence-corrected chi connectivity index (χ3v) is 6.52. The van der Waals surface area contributed by atoms with Gasteiger partial charge in [-0.3, -0.25) is 5.10 Å². The van der Waals surface area contributed by atoms with Crippen molar-refractivity contribution in [3.63, 3.8) is 0 Å². The minimum absolute atomic E-state index is 0.620. The quantitative estimate of drug-likeness (QED) is 0.381. The second kappa shape index (κ2) is 9.61. The lowest BCUT2D eigenvalue weighted by Gasteiger charge is -2.31. The van der Waals surface area contributed by atoms with Crippen molar-refractivity contribution in [3.8, 4) is 17.2 Å². The first-order chi connectivity index (χ1) is 14.7. The Hall–Kier alpha value is -3.08. The van der Waals surface area contributed by atoms with Crippen LogP contribution < -0.4 is 5.32 Å². The number of anilines is 1. The molecule has 1 aromatic heterocycles. The van der Waals surface area contributed by atoms with Gasteiger partial charge in [0.2, 0.25) is 0 Å². The van der Waals surface area contributed by atoms with Crippen molar-refractivity contribution in [1.29, 1.82) is 10.7 Å². The number of hydrogen-bond donors (Lipinski definition) is 3. The normalized spacial score (nSPS) is 14.9. The van der Waals surface area contributed by atoms with E-state index in [0.717, 1.165) is 54.9 Å². The fourth-order valence-corrected chi connectivity index (χ4v) is 4.58. The number of rotatable bonds is 7. The van der Waals surface area contributed by atoms with Gasteiger partial charge in [-0.15, -0.1) is 0 Å². The molecule has 1 aliphatic rings. The summed E-state index contributed by atoms with van der Waals surface area (Å²) in [5, 5.41) is 27.1. The molecule has 152 valence electrons. The van der Waals surface area contributed by atoms with Crippen LogP contribution >= 0.6 is 11.9 Å². The highest BCUT2D eigenvalue weighted by atomic mass is 32.2. The van der Waals surface area contributed by atoms with Gasteiger partial charge in [0.1, 0.15) is 0 Å². The molecule has 0 bridgehead atoms. The standard InChI is InChI=1S/C23H24N6S/c24-12-17-1-4-22(5-2-17)30-29-9-7-18(8-10-29)14-26-23-6-3-19(11-20(23)13-25)21-15-27-28-16-21/h1-6,11,13,15-16,18,25-26H,7-10,14H2,(H,27,28). The average Bonchev–Trinajstić information content (AvgIpc) is 3.34. The van der Waals surface area contributed by atoms with Crippen molar-refractivity contribution in [1.82, 2.24) is 14.5 Å². The Morgan fingerprint density at radius 2 is 2.00 bits per heavy atom. The van der Waals surface area contributed by atoms with Crippen LogP contribution in [0.25, 0.3) is 11.1 Å². The maximum atomic E-state index is 8.91. The summed E-state index contributed by atoms with van der Waals surface area (Å²) in [5.41, 5.74) is 4.68. The van der Waals surface area contributed by atoms with Gasteiger partial charge in [0, 0.05) is 53.8 Å². The molecule has 0 atom stereocenters. The van der Waals surface area contributed by atoms with Crippen molar-refractivity contribution in [3.05, 3.63) is 66.0 Å². The van der Waals surface area contributed by atoms with Gasteiger partial charge in [-0.05, 0) is 72.7 Å². The van der Waals surface area contributed by atoms with Gasteiger partial charge >= 0.3 is 0 Å². The third kappa shape index (κ3) is 4.90. The van der Waals surface area contributed by atoms with Gasteiger partial charge in [-0.25, -0.2) is 4.31 Å². The summed E-state index contributed by atoms with van der Waals surface area (Å²) >= 11 is 1.77. The SMILES string of the molecule is N#Cc1ccc(SN2CCC(CNc3ccc(-c4cn[nH]c4)cc3C=N)CC2)cc1. The molecule has 1 fully saturated rings. The molecule has 0 saturated carbocycles. The van der Waals surface area contributed by atoms with Gasteiger partial charge in [0.05, 0.1) is 17.8 Å². The number of nitriles is 1. The van der Waals surface area contributed by atoms with Crippen LogP contribution in [0.2, 0.25) is 0 Å². The van der Waals surface area contributed by atoms with E-state index in [1.807, 2.05) is 36.5 Å². The highest BCUT2D eigenvalue weighted by Crippen LogP contribution is 2.29. The fourth-order valence-electron chi connectivity index (χ4n) is 3.63. The molecule has 0 aliphatic carbocycles. The Morgan fingerprint density at radius 3 is 2.67 bits per heavy atom. The van der Waals surface area contributed by atoms with E-state index in [1.54, 1.807) is 18.1 Å². The number of aromatic amines is 1. The molecular weight excluding hydrogens is 392 g/mol. The van der Waals surface area contributed by atoms with E-state index < -0.39 is 0 Å². The second-order valence-electron chi connectivity index (χ2n) is 7.41. The molecular formula is C23H24N6S. The number of benzene rings is 2. The zero-order valence-corrected chi connectivity index (χ0v) is 17.5. The first kappa shape index (κ1) is 20.2. The van der Waals surface area contributed by atoms with Crippen LogP contribution in [0.1, 0.15) is 24.0 Å². The fraction of sp³-hybridized carbons (Fsp3) is 0.261. The van der Waals surface area contributed by atoms with Gasteiger partial charge in [0.15, 0.2) is 0 Å². The average molecular weight is 417 g/mol. The first-order valence-corrected chi connectivity index (χ1v) is 10.8. The number of nitrogens with zero attached hydrogens (tertiary/aromatic N) is 3. The first-order valence-electron chi connectivity index (χ1n) is 10.1. The molecule has 7 heteroatoms. The Labute approximate surface area is 181 Å². The molecule has 3 aromatic rings. The highest BCUT2D eigenvalue weighted by molar-refractivity contribution is 7.97. The molecule has 0 unspecified atom stereocenters. The van der Waals surface area contributed by atoms with Gasteiger partial charge in [0.25, 0.3) is 0 Å². The van der Waals surface area contributed by atoms with Crippen LogP contribution in [0.15, 0.2) is 59.8 Å². The zero-order chi connectivity index (χ0) is 20.8. The van der Waals surface area contributed by atoms with E-state index in [1.165, 1.54) is 11.1 Å². The van der Waals surface area contributed by atoms with Crippen LogP contribution in [0.4, 0.5) is 5.69 Å². The predicted molar refractivity (Wildman–Crippen MR) is 122 cm³/mol. The maximum Gasteiger partial charge on any atom is 0.0991 e. The van der Waals surface area contributed by atoms with Crippen molar-refractivity contribution in [2.75, 3.05) is 25.0 Å². The van der Waals surface area contributed by atoms with Crippen LogP contribution in [0.5, 0.6) is 0 Å². The van der Waals surface area contributed by atoms with E-state index in [0.29, 0.717) is 11.5 Å². The Bertz CT molecular complexity index is 1010.